The monoisotopic (exact) mass is 256 g/mol. The zero-order valence-electron chi connectivity index (χ0n) is 9.00. The van der Waals surface area contributed by atoms with Crippen LogP contribution in [-0.4, -0.2) is 24.6 Å². The Hall–Kier alpha value is -0.870. The summed E-state index contributed by atoms with van der Waals surface area (Å²) in [6, 6.07) is 5.50. The molecule has 3 nitrogen and oxygen atoms in total. The van der Waals surface area contributed by atoms with Crippen LogP contribution in [0.15, 0.2) is 23.2 Å². The molecule has 0 spiro atoms. The van der Waals surface area contributed by atoms with Gasteiger partial charge < -0.3 is 10.1 Å². The summed E-state index contributed by atoms with van der Waals surface area (Å²) < 4.78 is 5.26. The predicted molar refractivity (Wildman–Crippen MR) is 71.0 cm³/mol. The van der Waals surface area contributed by atoms with Crippen LogP contribution in [0.25, 0.3) is 0 Å². The van der Waals surface area contributed by atoms with Crippen molar-refractivity contribution in [2.75, 3.05) is 24.7 Å². The zero-order valence-corrected chi connectivity index (χ0v) is 10.6. The number of thioether (sulfide) groups is 1. The van der Waals surface area contributed by atoms with E-state index in [1.807, 2.05) is 12.1 Å². The average molecular weight is 257 g/mol. The van der Waals surface area contributed by atoms with E-state index in [0.29, 0.717) is 5.02 Å². The lowest BCUT2D eigenvalue weighted by Gasteiger charge is -2.15. The molecule has 16 heavy (non-hydrogen) atoms. The molecule has 0 radical (unpaired) electrons. The van der Waals surface area contributed by atoms with Crippen LogP contribution in [0.3, 0.4) is 0 Å². The summed E-state index contributed by atoms with van der Waals surface area (Å²) in [6.07, 6.45) is 1.14. The van der Waals surface area contributed by atoms with E-state index in [4.69, 9.17) is 16.3 Å². The molecule has 1 aromatic rings. The van der Waals surface area contributed by atoms with Crippen LogP contribution >= 0.6 is 23.4 Å². The van der Waals surface area contributed by atoms with Gasteiger partial charge in [0.2, 0.25) is 0 Å². The van der Waals surface area contributed by atoms with E-state index in [0.717, 1.165) is 35.3 Å². The molecular weight excluding hydrogens is 244 g/mol. The van der Waals surface area contributed by atoms with Gasteiger partial charge in [0.1, 0.15) is 5.75 Å². The number of nitrogens with zero attached hydrogens (tertiary/aromatic N) is 1. The summed E-state index contributed by atoms with van der Waals surface area (Å²) in [5.41, 5.74) is 0.864. The van der Waals surface area contributed by atoms with Crippen LogP contribution in [0, 0.1) is 0 Å². The number of halogens is 1. The Balaban J connectivity index is 2.18. The first-order valence-electron chi connectivity index (χ1n) is 5.07. The number of rotatable bonds is 2. The number of benzene rings is 1. The Labute approximate surface area is 104 Å². The average Bonchev–Trinajstić information content (AvgIpc) is 2.31. The van der Waals surface area contributed by atoms with Gasteiger partial charge in [-0.25, -0.2) is 0 Å². The first kappa shape index (κ1) is 11.6. The van der Waals surface area contributed by atoms with Gasteiger partial charge in [0.15, 0.2) is 5.17 Å². The van der Waals surface area contributed by atoms with Crippen LogP contribution in [0.1, 0.15) is 6.42 Å². The van der Waals surface area contributed by atoms with Crippen LogP contribution in [0.4, 0.5) is 5.69 Å². The molecule has 1 aliphatic heterocycles. The maximum Gasteiger partial charge on any atom is 0.161 e. The van der Waals surface area contributed by atoms with Gasteiger partial charge in [-0.05, 0) is 24.6 Å². The third kappa shape index (κ3) is 2.83. The van der Waals surface area contributed by atoms with Crippen LogP contribution in [0.2, 0.25) is 5.02 Å². The van der Waals surface area contributed by atoms with E-state index in [-0.39, 0.29) is 0 Å². The molecule has 0 bridgehead atoms. The minimum Gasteiger partial charge on any atom is -0.495 e. The molecule has 0 aromatic heterocycles. The molecule has 0 aliphatic carbocycles. The molecule has 0 saturated heterocycles. The fourth-order valence-corrected chi connectivity index (χ4v) is 2.43. The molecule has 0 amide bonds. The molecule has 86 valence electrons. The highest BCUT2D eigenvalue weighted by molar-refractivity contribution is 8.14. The largest absolute Gasteiger partial charge is 0.495 e. The van der Waals surface area contributed by atoms with Crippen molar-refractivity contribution in [3.63, 3.8) is 0 Å². The number of aliphatic imine (C=N–C) groups is 1. The molecule has 0 atom stereocenters. The molecule has 1 N–H and O–H groups in total. The smallest absolute Gasteiger partial charge is 0.161 e. The van der Waals surface area contributed by atoms with Gasteiger partial charge in [-0.15, -0.1) is 0 Å². The van der Waals surface area contributed by atoms with Gasteiger partial charge in [-0.1, -0.05) is 23.4 Å². The predicted octanol–water partition coefficient (Wildman–Crippen LogP) is 3.25. The van der Waals surface area contributed by atoms with E-state index in [1.54, 1.807) is 24.9 Å². The molecule has 1 aliphatic rings. The number of hydrogen-bond acceptors (Lipinski definition) is 4. The van der Waals surface area contributed by atoms with Crippen LogP contribution in [0.5, 0.6) is 5.75 Å². The van der Waals surface area contributed by atoms with Gasteiger partial charge in [0.05, 0.1) is 12.8 Å². The molecule has 1 aromatic carbocycles. The highest BCUT2D eigenvalue weighted by atomic mass is 35.5. The second-order valence-corrected chi connectivity index (χ2v) is 4.88. The SMILES string of the molecule is COc1ccc(Cl)cc1NC1=NCCCS1. The van der Waals surface area contributed by atoms with Crippen molar-refractivity contribution in [3.8, 4) is 5.75 Å². The molecule has 0 saturated carbocycles. The maximum atomic E-state index is 5.95. The quantitative estimate of drug-likeness (QED) is 0.882. The summed E-state index contributed by atoms with van der Waals surface area (Å²) in [7, 11) is 1.64. The first-order chi connectivity index (χ1) is 7.79. The number of ether oxygens (including phenoxy) is 1. The summed E-state index contributed by atoms with van der Waals surface area (Å²) in [5, 5.41) is 4.87. The van der Waals surface area contributed by atoms with Gasteiger partial charge in [-0.3, -0.25) is 4.99 Å². The molecule has 1 heterocycles. The highest BCUT2D eigenvalue weighted by Crippen LogP contribution is 2.29. The van der Waals surface area contributed by atoms with Crippen molar-refractivity contribution in [3.05, 3.63) is 23.2 Å². The lowest BCUT2D eigenvalue weighted by Crippen LogP contribution is -2.13. The van der Waals surface area contributed by atoms with E-state index < -0.39 is 0 Å². The van der Waals surface area contributed by atoms with Crippen molar-refractivity contribution < 1.29 is 4.74 Å². The first-order valence-corrected chi connectivity index (χ1v) is 6.44. The zero-order chi connectivity index (χ0) is 11.4. The topological polar surface area (TPSA) is 33.6 Å². The van der Waals surface area contributed by atoms with Crippen molar-refractivity contribution in [2.45, 2.75) is 6.42 Å². The Kier molecular flexibility index (Phi) is 3.96. The van der Waals surface area contributed by atoms with Crippen molar-refractivity contribution in [2.24, 2.45) is 4.99 Å². The minimum atomic E-state index is 0.685. The normalized spacial score (nSPS) is 15.5. The van der Waals surface area contributed by atoms with Crippen LogP contribution in [-0.2, 0) is 0 Å². The summed E-state index contributed by atoms with van der Waals surface area (Å²) in [6.45, 7) is 0.887. The molecular formula is C11H13ClN2OS. The maximum absolute atomic E-state index is 5.95. The Morgan fingerprint density at radius 2 is 2.38 bits per heavy atom. The van der Waals surface area contributed by atoms with Crippen LogP contribution < -0.4 is 10.1 Å². The van der Waals surface area contributed by atoms with E-state index in [1.165, 1.54) is 0 Å². The second-order valence-electron chi connectivity index (χ2n) is 3.36. The molecule has 0 unspecified atom stereocenters. The second kappa shape index (κ2) is 5.46. The highest BCUT2D eigenvalue weighted by Gasteiger charge is 2.09. The van der Waals surface area contributed by atoms with Crippen molar-refractivity contribution >= 4 is 34.2 Å². The fraction of sp³-hybridized carbons (Fsp3) is 0.364. The fourth-order valence-electron chi connectivity index (χ4n) is 1.43. The number of hydrogen-bond donors (Lipinski definition) is 1. The number of methoxy groups -OCH3 is 1. The Bertz CT molecular complexity index is 409. The molecule has 5 heteroatoms. The summed E-state index contributed by atoms with van der Waals surface area (Å²) in [5.74, 6) is 1.88. The Morgan fingerprint density at radius 1 is 1.50 bits per heavy atom. The molecule has 2 rings (SSSR count). The number of amidine groups is 1. The van der Waals surface area contributed by atoms with E-state index in [2.05, 4.69) is 10.3 Å². The van der Waals surface area contributed by atoms with E-state index >= 15 is 0 Å². The standard InChI is InChI=1S/C11H13ClN2OS/c1-15-10-4-3-8(12)7-9(10)14-11-13-5-2-6-16-11/h3-4,7H,2,5-6H2,1H3,(H,13,14). The lowest BCUT2D eigenvalue weighted by atomic mass is 10.3. The number of nitrogens with one attached hydrogen (secondary N) is 1. The van der Waals surface area contributed by atoms with E-state index in [9.17, 15) is 0 Å². The summed E-state index contributed by atoms with van der Waals surface area (Å²) in [4.78, 5) is 4.40. The number of anilines is 1. The van der Waals surface area contributed by atoms with Crippen molar-refractivity contribution in [1.82, 2.24) is 0 Å². The van der Waals surface area contributed by atoms with Gasteiger partial charge in [0, 0.05) is 17.3 Å². The van der Waals surface area contributed by atoms with Gasteiger partial charge in [-0.2, -0.15) is 0 Å². The Morgan fingerprint density at radius 3 is 3.06 bits per heavy atom. The third-order valence-corrected chi connectivity index (χ3v) is 3.43. The molecule has 0 fully saturated rings. The third-order valence-electron chi connectivity index (χ3n) is 2.20. The summed E-state index contributed by atoms with van der Waals surface area (Å²) >= 11 is 7.67. The lowest BCUT2D eigenvalue weighted by molar-refractivity contribution is 0.417. The van der Waals surface area contributed by atoms with Crippen molar-refractivity contribution in [1.29, 1.82) is 0 Å². The van der Waals surface area contributed by atoms with Gasteiger partial charge >= 0.3 is 0 Å². The van der Waals surface area contributed by atoms with Gasteiger partial charge in [0.25, 0.3) is 0 Å². The minimum absolute atomic E-state index is 0.685.